The maximum absolute atomic E-state index is 5.59. The first-order valence-corrected chi connectivity index (χ1v) is 5.59. The molecule has 2 rings (SSSR count). The molecule has 0 spiro atoms. The highest BCUT2D eigenvalue weighted by molar-refractivity contribution is 7.15. The molecule has 3 heteroatoms. The number of methoxy groups -OCH3 is 1. The maximum Gasteiger partial charge on any atom is 0.127 e. The smallest absolute Gasteiger partial charge is 0.127 e. The molecule has 1 aromatic carbocycles. The highest BCUT2D eigenvalue weighted by atomic mass is 32.1. The molecule has 0 amide bonds. The van der Waals surface area contributed by atoms with E-state index in [0.717, 1.165) is 11.3 Å². The van der Waals surface area contributed by atoms with Crippen molar-refractivity contribution in [1.29, 1.82) is 0 Å². The van der Waals surface area contributed by atoms with E-state index in [9.17, 15) is 0 Å². The van der Waals surface area contributed by atoms with Crippen LogP contribution in [0.2, 0.25) is 0 Å². The van der Waals surface area contributed by atoms with E-state index >= 15 is 0 Å². The van der Waals surface area contributed by atoms with Crippen LogP contribution in [0.3, 0.4) is 0 Å². The van der Waals surface area contributed by atoms with Gasteiger partial charge in [0.25, 0.3) is 0 Å². The second kappa shape index (κ2) is 4.47. The van der Waals surface area contributed by atoms with E-state index in [1.54, 1.807) is 18.4 Å². The Hall–Kier alpha value is -1.32. The number of rotatable bonds is 3. The summed E-state index contributed by atoms with van der Waals surface area (Å²) in [5.41, 5.74) is 6.72. The van der Waals surface area contributed by atoms with Gasteiger partial charge in [0.15, 0.2) is 0 Å². The van der Waals surface area contributed by atoms with Crippen molar-refractivity contribution in [3.05, 3.63) is 41.3 Å². The average molecular weight is 219 g/mol. The van der Waals surface area contributed by atoms with Gasteiger partial charge in [0, 0.05) is 21.9 Å². The first kappa shape index (κ1) is 10.2. The molecule has 2 aromatic rings. The second-order valence-electron chi connectivity index (χ2n) is 3.17. The molecule has 78 valence electrons. The Bertz CT molecular complexity index is 450. The summed E-state index contributed by atoms with van der Waals surface area (Å²) >= 11 is 1.71. The second-order valence-corrected chi connectivity index (χ2v) is 4.34. The third kappa shape index (κ3) is 2.03. The van der Waals surface area contributed by atoms with Crippen LogP contribution in [0.25, 0.3) is 10.4 Å². The summed E-state index contributed by atoms with van der Waals surface area (Å²) in [6.45, 7) is 0.597. The Morgan fingerprint density at radius 2 is 2.00 bits per heavy atom. The number of hydrogen-bond donors (Lipinski definition) is 1. The van der Waals surface area contributed by atoms with Crippen LogP contribution in [0.5, 0.6) is 5.75 Å². The van der Waals surface area contributed by atoms with Crippen molar-refractivity contribution in [2.45, 2.75) is 6.54 Å². The number of para-hydroxylation sites is 1. The lowest BCUT2D eigenvalue weighted by Crippen LogP contribution is -1.91. The Morgan fingerprint density at radius 1 is 1.20 bits per heavy atom. The summed E-state index contributed by atoms with van der Waals surface area (Å²) in [5.74, 6) is 0.905. The fourth-order valence-electron chi connectivity index (χ4n) is 1.48. The van der Waals surface area contributed by atoms with Gasteiger partial charge in [-0.05, 0) is 24.3 Å². The maximum atomic E-state index is 5.59. The van der Waals surface area contributed by atoms with Gasteiger partial charge in [-0.2, -0.15) is 0 Å². The van der Waals surface area contributed by atoms with Gasteiger partial charge in [-0.3, -0.25) is 0 Å². The van der Waals surface area contributed by atoms with Gasteiger partial charge in [-0.1, -0.05) is 12.1 Å². The quantitative estimate of drug-likeness (QED) is 0.861. The molecule has 0 unspecified atom stereocenters. The summed E-state index contributed by atoms with van der Waals surface area (Å²) in [6.07, 6.45) is 0. The summed E-state index contributed by atoms with van der Waals surface area (Å²) in [7, 11) is 1.69. The van der Waals surface area contributed by atoms with E-state index in [4.69, 9.17) is 10.5 Å². The fraction of sp³-hybridized carbons (Fsp3) is 0.167. The number of ether oxygens (including phenoxy) is 1. The van der Waals surface area contributed by atoms with Gasteiger partial charge in [-0.15, -0.1) is 11.3 Å². The first-order chi connectivity index (χ1) is 7.35. The van der Waals surface area contributed by atoms with E-state index in [-0.39, 0.29) is 0 Å². The minimum absolute atomic E-state index is 0.597. The van der Waals surface area contributed by atoms with Crippen molar-refractivity contribution in [1.82, 2.24) is 0 Å². The number of benzene rings is 1. The van der Waals surface area contributed by atoms with Crippen molar-refractivity contribution < 1.29 is 4.74 Å². The number of thiophene rings is 1. The predicted molar refractivity (Wildman–Crippen MR) is 64.2 cm³/mol. The lowest BCUT2D eigenvalue weighted by molar-refractivity contribution is 0.416. The molecule has 0 atom stereocenters. The molecule has 2 nitrogen and oxygen atoms in total. The van der Waals surface area contributed by atoms with Crippen molar-refractivity contribution in [3.8, 4) is 16.2 Å². The van der Waals surface area contributed by atoms with Crippen molar-refractivity contribution in [3.63, 3.8) is 0 Å². The summed E-state index contributed by atoms with van der Waals surface area (Å²) in [6, 6.07) is 12.2. The molecule has 0 aliphatic heterocycles. The van der Waals surface area contributed by atoms with E-state index in [2.05, 4.69) is 18.2 Å². The first-order valence-electron chi connectivity index (χ1n) is 4.77. The van der Waals surface area contributed by atoms with E-state index < -0.39 is 0 Å². The Morgan fingerprint density at radius 3 is 2.67 bits per heavy atom. The third-order valence-electron chi connectivity index (χ3n) is 2.24. The van der Waals surface area contributed by atoms with Crippen molar-refractivity contribution >= 4 is 11.3 Å². The molecule has 0 fully saturated rings. The van der Waals surface area contributed by atoms with Crippen LogP contribution in [0.15, 0.2) is 36.4 Å². The summed E-state index contributed by atoms with van der Waals surface area (Å²) < 4.78 is 5.32. The van der Waals surface area contributed by atoms with Gasteiger partial charge in [0.2, 0.25) is 0 Å². The molecule has 15 heavy (non-hydrogen) atoms. The summed E-state index contributed by atoms with van der Waals surface area (Å²) in [4.78, 5) is 2.39. The van der Waals surface area contributed by atoms with E-state index in [1.807, 2.05) is 18.2 Å². The molecule has 0 aliphatic carbocycles. The lowest BCUT2D eigenvalue weighted by Gasteiger charge is -2.05. The molecule has 0 saturated carbocycles. The Balaban J connectivity index is 2.44. The van der Waals surface area contributed by atoms with Gasteiger partial charge in [-0.25, -0.2) is 0 Å². The van der Waals surface area contributed by atoms with Crippen LogP contribution in [0.4, 0.5) is 0 Å². The van der Waals surface area contributed by atoms with E-state index in [0.29, 0.717) is 6.54 Å². The minimum atomic E-state index is 0.597. The molecule has 1 aromatic heterocycles. The van der Waals surface area contributed by atoms with Crippen LogP contribution in [-0.2, 0) is 6.54 Å². The van der Waals surface area contributed by atoms with Crippen LogP contribution in [0, 0.1) is 0 Å². The lowest BCUT2D eigenvalue weighted by atomic mass is 10.1. The van der Waals surface area contributed by atoms with Gasteiger partial charge in [0.05, 0.1) is 7.11 Å². The average Bonchev–Trinajstić information content (AvgIpc) is 2.77. The molecule has 0 saturated heterocycles. The molecular formula is C12H13NOS. The Kier molecular flexibility index (Phi) is 3.04. The van der Waals surface area contributed by atoms with Crippen LogP contribution in [0.1, 0.15) is 4.88 Å². The minimum Gasteiger partial charge on any atom is -0.496 e. The monoisotopic (exact) mass is 219 g/mol. The van der Waals surface area contributed by atoms with Crippen molar-refractivity contribution in [2.75, 3.05) is 7.11 Å². The van der Waals surface area contributed by atoms with Crippen LogP contribution in [-0.4, -0.2) is 7.11 Å². The van der Waals surface area contributed by atoms with Gasteiger partial charge < -0.3 is 10.5 Å². The molecular weight excluding hydrogens is 206 g/mol. The fourth-order valence-corrected chi connectivity index (χ4v) is 2.40. The SMILES string of the molecule is COc1ccccc1-c1ccc(CN)s1. The van der Waals surface area contributed by atoms with Crippen molar-refractivity contribution in [2.24, 2.45) is 5.73 Å². The van der Waals surface area contributed by atoms with E-state index in [1.165, 1.54) is 9.75 Å². The Labute approximate surface area is 93.3 Å². The number of hydrogen-bond acceptors (Lipinski definition) is 3. The molecule has 2 N–H and O–H groups in total. The molecule has 0 bridgehead atoms. The number of nitrogens with two attached hydrogens (primary N) is 1. The van der Waals surface area contributed by atoms with Gasteiger partial charge in [0.1, 0.15) is 5.75 Å². The largest absolute Gasteiger partial charge is 0.496 e. The van der Waals surface area contributed by atoms with Crippen LogP contribution < -0.4 is 10.5 Å². The zero-order chi connectivity index (χ0) is 10.7. The summed E-state index contributed by atoms with van der Waals surface area (Å²) in [5, 5.41) is 0. The molecule has 0 radical (unpaired) electrons. The zero-order valence-corrected chi connectivity index (χ0v) is 9.38. The highest BCUT2D eigenvalue weighted by Gasteiger charge is 2.06. The molecule has 0 aliphatic rings. The third-order valence-corrected chi connectivity index (χ3v) is 3.38. The normalized spacial score (nSPS) is 10.3. The molecule has 1 heterocycles. The zero-order valence-electron chi connectivity index (χ0n) is 8.57. The van der Waals surface area contributed by atoms with Gasteiger partial charge >= 0.3 is 0 Å². The standard InChI is InChI=1S/C12H13NOS/c1-14-11-5-3-2-4-10(11)12-7-6-9(8-13)15-12/h2-7H,8,13H2,1H3. The highest BCUT2D eigenvalue weighted by Crippen LogP contribution is 2.34. The van der Waals surface area contributed by atoms with Crippen LogP contribution >= 0.6 is 11.3 Å². The topological polar surface area (TPSA) is 35.2 Å². The predicted octanol–water partition coefficient (Wildman–Crippen LogP) is 2.88.